The van der Waals surface area contributed by atoms with Crippen molar-refractivity contribution in [3.05, 3.63) is 53.7 Å². The van der Waals surface area contributed by atoms with Crippen LogP contribution in [0.4, 0.5) is 5.82 Å². The van der Waals surface area contributed by atoms with Crippen LogP contribution in [0.1, 0.15) is 11.1 Å². The molecule has 0 fully saturated rings. The summed E-state index contributed by atoms with van der Waals surface area (Å²) in [6, 6.07) is 12.0. The molecule has 0 spiro atoms. The molecule has 106 valence electrons. The van der Waals surface area contributed by atoms with E-state index in [1.807, 2.05) is 31.3 Å². The standard InChI is InChI=1S/C17H18N4/c1-11-7-6-8-13(12(11)2)16-15(17(18)21(3)20-16)14-9-4-5-10-19-14/h4-10H,18H2,1-3H3. The maximum absolute atomic E-state index is 6.22. The average molecular weight is 278 g/mol. The molecule has 0 unspecified atom stereocenters. The number of hydrogen-bond donors (Lipinski definition) is 1. The molecule has 2 N–H and O–H groups in total. The summed E-state index contributed by atoms with van der Waals surface area (Å²) in [4.78, 5) is 4.43. The lowest BCUT2D eigenvalue weighted by molar-refractivity contribution is 0.782. The van der Waals surface area contributed by atoms with Crippen LogP contribution in [-0.2, 0) is 7.05 Å². The van der Waals surface area contributed by atoms with Crippen LogP contribution in [0.3, 0.4) is 0 Å². The Kier molecular flexibility index (Phi) is 3.22. The van der Waals surface area contributed by atoms with Crippen molar-refractivity contribution in [2.45, 2.75) is 13.8 Å². The lowest BCUT2D eigenvalue weighted by atomic mass is 9.97. The van der Waals surface area contributed by atoms with Gasteiger partial charge in [0.15, 0.2) is 0 Å². The molecule has 21 heavy (non-hydrogen) atoms. The van der Waals surface area contributed by atoms with Gasteiger partial charge in [-0.1, -0.05) is 24.3 Å². The van der Waals surface area contributed by atoms with E-state index < -0.39 is 0 Å². The van der Waals surface area contributed by atoms with Gasteiger partial charge in [-0.05, 0) is 37.1 Å². The lowest BCUT2D eigenvalue weighted by Crippen LogP contribution is -1.98. The first-order chi connectivity index (χ1) is 10.1. The molecule has 0 aliphatic carbocycles. The highest BCUT2D eigenvalue weighted by atomic mass is 15.3. The van der Waals surface area contributed by atoms with Crippen LogP contribution in [0.25, 0.3) is 22.5 Å². The molecule has 0 aliphatic heterocycles. The van der Waals surface area contributed by atoms with Crippen molar-refractivity contribution in [3.8, 4) is 22.5 Å². The van der Waals surface area contributed by atoms with Crippen LogP contribution in [-0.4, -0.2) is 14.8 Å². The molecule has 2 heterocycles. The van der Waals surface area contributed by atoms with Gasteiger partial charge < -0.3 is 5.73 Å². The normalized spacial score (nSPS) is 10.8. The molecule has 0 saturated carbocycles. The predicted octanol–water partition coefficient (Wildman–Crippen LogP) is 3.35. The Hall–Kier alpha value is -2.62. The molecule has 1 aromatic carbocycles. The highest BCUT2D eigenvalue weighted by molar-refractivity contribution is 5.87. The summed E-state index contributed by atoms with van der Waals surface area (Å²) in [7, 11) is 1.86. The van der Waals surface area contributed by atoms with Gasteiger partial charge in [-0.25, -0.2) is 0 Å². The van der Waals surface area contributed by atoms with Gasteiger partial charge in [0, 0.05) is 18.8 Å². The van der Waals surface area contributed by atoms with E-state index in [9.17, 15) is 0 Å². The van der Waals surface area contributed by atoms with Gasteiger partial charge in [0.2, 0.25) is 0 Å². The van der Waals surface area contributed by atoms with Crippen LogP contribution in [0.2, 0.25) is 0 Å². The van der Waals surface area contributed by atoms with Crippen molar-refractivity contribution >= 4 is 5.82 Å². The molecule has 3 aromatic rings. The topological polar surface area (TPSA) is 56.7 Å². The van der Waals surface area contributed by atoms with Gasteiger partial charge in [-0.2, -0.15) is 5.10 Å². The van der Waals surface area contributed by atoms with E-state index in [2.05, 4.69) is 36.1 Å². The monoisotopic (exact) mass is 278 g/mol. The number of aryl methyl sites for hydroxylation is 2. The minimum absolute atomic E-state index is 0.629. The zero-order valence-electron chi connectivity index (χ0n) is 12.5. The van der Waals surface area contributed by atoms with Crippen LogP contribution < -0.4 is 5.73 Å². The number of benzene rings is 1. The maximum Gasteiger partial charge on any atom is 0.131 e. The van der Waals surface area contributed by atoms with Crippen molar-refractivity contribution in [1.82, 2.24) is 14.8 Å². The second kappa shape index (κ2) is 5.05. The Balaban J connectivity index is 2.30. The molecule has 4 nitrogen and oxygen atoms in total. The average Bonchev–Trinajstić information content (AvgIpc) is 2.78. The Morgan fingerprint density at radius 3 is 2.57 bits per heavy atom. The molecule has 2 aromatic heterocycles. The largest absolute Gasteiger partial charge is 0.383 e. The van der Waals surface area contributed by atoms with Crippen LogP contribution in [0, 0.1) is 13.8 Å². The van der Waals surface area contributed by atoms with E-state index in [1.54, 1.807) is 10.9 Å². The third-order valence-electron chi connectivity index (χ3n) is 3.87. The summed E-state index contributed by atoms with van der Waals surface area (Å²) in [6.07, 6.45) is 1.77. The van der Waals surface area contributed by atoms with Crippen molar-refractivity contribution in [2.24, 2.45) is 7.05 Å². The summed E-state index contributed by atoms with van der Waals surface area (Å²) in [5.41, 5.74) is 12.4. The fourth-order valence-electron chi connectivity index (χ4n) is 2.50. The molecule has 0 radical (unpaired) electrons. The third kappa shape index (κ3) is 2.18. The van der Waals surface area contributed by atoms with Crippen LogP contribution >= 0.6 is 0 Å². The summed E-state index contributed by atoms with van der Waals surface area (Å²) in [5.74, 6) is 0.629. The van der Waals surface area contributed by atoms with E-state index in [0.717, 1.165) is 22.5 Å². The molecule has 0 saturated heterocycles. The first-order valence-corrected chi connectivity index (χ1v) is 6.90. The van der Waals surface area contributed by atoms with E-state index in [1.165, 1.54) is 11.1 Å². The highest BCUT2D eigenvalue weighted by Gasteiger charge is 2.19. The molecule has 0 atom stereocenters. The number of nitrogens with zero attached hydrogens (tertiary/aromatic N) is 3. The Bertz CT molecular complexity index is 788. The Morgan fingerprint density at radius 1 is 1.05 bits per heavy atom. The van der Waals surface area contributed by atoms with Crippen molar-refractivity contribution < 1.29 is 0 Å². The number of rotatable bonds is 2. The van der Waals surface area contributed by atoms with Gasteiger partial charge in [-0.3, -0.25) is 9.67 Å². The quantitative estimate of drug-likeness (QED) is 0.782. The Morgan fingerprint density at radius 2 is 1.86 bits per heavy atom. The number of hydrogen-bond acceptors (Lipinski definition) is 3. The summed E-state index contributed by atoms with van der Waals surface area (Å²) < 4.78 is 1.71. The fourth-order valence-corrected chi connectivity index (χ4v) is 2.50. The molecule has 3 rings (SSSR count). The SMILES string of the molecule is Cc1cccc(-c2nn(C)c(N)c2-c2ccccn2)c1C. The maximum atomic E-state index is 6.22. The minimum Gasteiger partial charge on any atom is -0.383 e. The van der Waals surface area contributed by atoms with Crippen molar-refractivity contribution in [2.75, 3.05) is 5.73 Å². The molecular formula is C17H18N4. The smallest absolute Gasteiger partial charge is 0.131 e. The zero-order chi connectivity index (χ0) is 15.0. The minimum atomic E-state index is 0.629. The molecular weight excluding hydrogens is 260 g/mol. The van der Waals surface area contributed by atoms with Gasteiger partial charge in [-0.15, -0.1) is 0 Å². The zero-order valence-corrected chi connectivity index (χ0v) is 12.5. The molecule has 4 heteroatoms. The van der Waals surface area contributed by atoms with Crippen LogP contribution in [0.15, 0.2) is 42.6 Å². The van der Waals surface area contributed by atoms with Gasteiger partial charge in [0.25, 0.3) is 0 Å². The predicted molar refractivity (Wildman–Crippen MR) is 85.8 cm³/mol. The summed E-state index contributed by atoms with van der Waals surface area (Å²) in [6.45, 7) is 4.21. The van der Waals surface area contributed by atoms with E-state index in [4.69, 9.17) is 5.73 Å². The van der Waals surface area contributed by atoms with Gasteiger partial charge in [0.1, 0.15) is 11.5 Å². The number of nitrogens with two attached hydrogens (primary N) is 1. The van der Waals surface area contributed by atoms with Crippen molar-refractivity contribution in [1.29, 1.82) is 0 Å². The molecule has 0 amide bonds. The lowest BCUT2D eigenvalue weighted by Gasteiger charge is -2.08. The van der Waals surface area contributed by atoms with Crippen LogP contribution in [0.5, 0.6) is 0 Å². The number of aromatic nitrogens is 3. The summed E-state index contributed by atoms with van der Waals surface area (Å²) in [5, 5.41) is 4.61. The number of nitrogen functional groups attached to an aromatic ring is 1. The second-order valence-corrected chi connectivity index (χ2v) is 5.19. The van der Waals surface area contributed by atoms with E-state index in [-0.39, 0.29) is 0 Å². The molecule has 0 bridgehead atoms. The second-order valence-electron chi connectivity index (χ2n) is 5.19. The first kappa shape index (κ1) is 13.4. The fraction of sp³-hybridized carbons (Fsp3) is 0.176. The summed E-state index contributed by atoms with van der Waals surface area (Å²) >= 11 is 0. The third-order valence-corrected chi connectivity index (χ3v) is 3.87. The van der Waals surface area contributed by atoms with Gasteiger partial charge in [0.05, 0.1) is 11.3 Å². The number of anilines is 1. The van der Waals surface area contributed by atoms with E-state index >= 15 is 0 Å². The van der Waals surface area contributed by atoms with Gasteiger partial charge >= 0.3 is 0 Å². The first-order valence-electron chi connectivity index (χ1n) is 6.90. The Labute approximate surface area is 124 Å². The van der Waals surface area contributed by atoms with E-state index in [0.29, 0.717) is 5.82 Å². The van der Waals surface area contributed by atoms with Crippen molar-refractivity contribution in [3.63, 3.8) is 0 Å². The molecule has 0 aliphatic rings. The number of pyridine rings is 1. The highest BCUT2D eigenvalue weighted by Crippen LogP contribution is 2.36.